The van der Waals surface area contributed by atoms with Crippen LogP contribution in [0.1, 0.15) is 61.6 Å². The predicted molar refractivity (Wildman–Crippen MR) is 143 cm³/mol. The van der Waals surface area contributed by atoms with Crippen molar-refractivity contribution in [3.63, 3.8) is 0 Å². The molecule has 0 atom stereocenters. The van der Waals surface area contributed by atoms with Crippen LogP contribution in [-0.4, -0.2) is 38.8 Å². The first-order valence-corrected chi connectivity index (χ1v) is 12.8. The first-order chi connectivity index (χ1) is 17.1. The van der Waals surface area contributed by atoms with Crippen molar-refractivity contribution >= 4 is 17.9 Å². The zero-order valence-electron chi connectivity index (χ0n) is 21.2. The molecule has 1 aromatic heterocycles. The number of carbonyl (C=O) groups excluding carboxylic acids is 1. The second kappa shape index (κ2) is 11.9. The lowest BCUT2D eigenvalue weighted by molar-refractivity contribution is -0.113. The molecule has 0 aliphatic carbocycles. The normalized spacial score (nSPS) is 16.9. The van der Waals surface area contributed by atoms with Gasteiger partial charge in [0.05, 0.1) is 5.69 Å². The topological polar surface area (TPSA) is 51.0 Å². The summed E-state index contributed by atoms with van der Waals surface area (Å²) in [5.74, 6) is 0.131. The van der Waals surface area contributed by atoms with Crippen LogP contribution in [0.4, 0.5) is 0 Å². The summed E-state index contributed by atoms with van der Waals surface area (Å²) < 4.78 is 1.92. The van der Waals surface area contributed by atoms with Gasteiger partial charge in [0.1, 0.15) is 0 Å². The zero-order chi connectivity index (χ0) is 24.6. The second-order valence-corrected chi connectivity index (χ2v) is 9.33. The number of hydrogen-bond donors (Lipinski definition) is 0. The van der Waals surface area contributed by atoms with Crippen LogP contribution in [0.3, 0.4) is 0 Å². The number of aromatic nitrogens is 3. The number of unbranched alkanes of at least 4 members (excludes halogenated alkanes) is 1. The number of piperidine rings is 1. The Morgan fingerprint density at radius 2 is 1.37 bits per heavy atom. The third kappa shape index (κ3) is 6.64. The fourth-order valence-corrected chi connectivity index (χ4v) is 4.39. The van der Waals surface area contributed by atoms with Crippen molar-refractivity contribution < 1.29 is 4.79 Å². The lowest BCUT2D eigenvalue weighted by Crippen LogP contribution is -2.37. The van der Waals surface area contributed by atoms with Crippen LogP contribution in [0.5, 0.6) is 0 Å². The van der Waals surface area contributed by atoms with E-state index in [4.69, 9.17) is 0 Å². The minimum atomic E-state index is 0.131. The van der Waals surface area contributed by atoms with E-state index < -0.39 is 0 Å². The van der Waals surface area contributed by atoms with Gasteiger partial charge in [0.2, 0.25) is 0 Å². The molecule has 1 fully saturated rings. The van der Waals surface area contributed by atoms with E-state index >= 15 is 0 Å². The molecule has 5 nitrogen and oxygen atoms in total. The molecule has 0 spiro atoms. The number of likely N-dealkylation sites (tertiary alicyclic amines) is 1. The number of aryl methyl sites for hydroxylation is 3. The summed E-state index contributed by atoms with van der Waals surface area (Å²) >= 11 is 0. The van der Waals surface area contributed by atoms with Crippen LogP contribution in [0.15, 0.2) is 65.9 Å². The minimum absolute atomic E-state index is 0.131. The summed E-state index contributed by atoms with van der Waals surface area (Å²) in [7, 11) is 0. The standard InChI is InChI=1S/C30H36N4O/c1-4-7-16-34-22-29(31-32-34)21-33-19-27(17-25-12-8-23(5-2)9-13-25)30(35)28(20-33)18-26-14-10-24(6-3)11-15-26/h8-15,17-18,22H,4-7,16,19-21H2,1-3H3. The summed E-state index contributed by atoms with van der Waals surface area (Å²) in [5, 5.41) is 8.67. The number of Topliss-reactive ketones (excluding diaryl/α,β-unsaturated/α-hetero) is 1. The van der Waals surface area contributed by atoms with Gasteiger partial charge in [-0.25, -0.2) is 0 Å². The van der Waals surface area contributed by atoms with E-state index in [1.54, 1.807) is 0 Å². The number of hydrogen-bond acceptors (Lipinski definition) is 4. The summed E-state index contributed by atoms with van der Waals surface area (Å²) in [6.45, 7) is 9.23. The molecule has 1 aliphatic rings. The van der Waals surface area contributed by atoms with Crippen molar-refractivity contribution in [1.82, 2.24) is 19.9 Å². The van der Waals surface area contributed by atoms with Crippen LogP contribution in [0.2, 0.25) is 0 Å². The van der Waals surface area contributed by atoms with Gasteiger partial charge in [0, 0.05) is 43.5 Å². The maximum atomic E-state index is 13.5. The Morgan fingerprint density at radius 1 is 0.829 bits per heavy atom. The highest BCUT2D eigenvalue weighted by Crippen LogP contribution is 2.24. The number of nitrogens with zero attached hydrogens (tertiary/aromatic N) is 4. The molecule has 0 saturated carbocycles. The molecule has 0 amide bonds. The minimum Gasteiger partial charge on any atom is -0.289 e. The molecule has 35 heavy (non-hydrogen) atoms. The molecule has 4 rings (SSSR count). The van der Waals surface area contributed by atoms with Gasteiger partial charge in [0.25, 0.3) is 0 Å². The fraction of sp³-hybridized carbons (Fsp3) is 0.367. The van der Waals surface area contributed by atoms with Gasteiger partial charge in [-0.3, -0.25) is 14.4 Å². The van der Waals surface area contributed by atoms with E-state index in [0.29, 0.717) is 19.6 Å². The van der Waals surface area contributed by atoms with Crippen molar-refractivity contribution in [2.45, 2.75) is 59.5 Å². The SMILES string of the molecule is CCCCn1cc(CN2CC(=Cc3ccc(CC)cc3)C(=O)C(=Cc3ccc(CC)cc3)C2)nn1. The van der Waals surface area contributed by atoms with Gasteiger partial charge in [-0.1, -0.05) is 80.9 Å². The molecule has 2 heterocycles. The second-order valence-electron chi connectivity index (χ2n) is 9.33. The van der Waals surface area contributed by atoms with E-state index in [-0.39, 0.29) is 5.78 Å². The maximum absolute atomic E-state index is 13.5. The Kier molecular flexibility index (Phi) is 8.43. The monoisotopic (exact) mass is 468 g/mol. The molecule has 0 bridgehead atoms. The Morgan fingerprint density at radius 3 is 1.86 bits per heavy atom. The molecule has 1 aliphatic heterocycles. The van der Waals surface area contributed by atoms with Crippen molar-refractivity contribution in [2.75, 3.05) is 13.1 Å². The quantitative estimate of drug-likeness (QED) is 0.375. The fourth-order valence-electron chi connectivity index (χ4n) is 4.39. The summed E-state index contributed by atoms with van der Waals surface area (Å²) in [6, 6.07) is 17.0. The molecule has 182 valence electrons. The lowest BCUT2D eigenvalue weighted by Gasteiger charge is -2.29. The van der Waals surface area contributed by atoms with Crippen LogP contribution < -0.4 is 0 Å². The van der Waals surface area contributed by atoms with Crippen molar-refractivity contribution in [3.8, 4) is 0 Å². The lowest BCUT2D eigenvalue weighted by atomic mass is 9.93. The van der Waals surface area contributed by atoms with Gasteiger partial charge < -0.3 is 0 Å². The van der Waals surface area contributed by atoms with Gasteiger partial charge in [-0.2, -0.15) is 0 Å². The van der Waals surface area contributed by atoms with Crippen LogP contribution in [0, 0.1) is 0 Å². The molecule has 0 radical (unpaired) electrons. The average molecular weight is 469 g/mol. The molecule has 3 aromatic rings. The molecule has 2 aromatic carbocycles. The van der Waals surface area contributed by atoms with E-state index in [1.807, 2.05) is 23.0 Å². The Hall–Kier alpha value is -3.31. The van der Waals surface area contributed by atoms with Crippen LogP contribution in [0.25, 0.3) is 12.2 Å². The smallest absolute Gasteiger partial charge is 0.187 e. The first kappa shape index (κ1) is 24.8. The first-order valence-electron chi connectivity index (χ1n) is 12.8. The van der Waals surface area contributed by atoms with Gasteiger partial charge in [-0.05, 0) is 53.7 Å². The van der Waals surface area contributed by atoms with Gasteiger partial charge >= 0.3 is 0 Å². The number of benzene rings is 2. The largest absolute Gasteiger partial charge is 0.289 e. The van der Waals surface area contributed by atoms with E-state index in [2.05, 4.69) is 84.5 Å². The van der Waals surface area contributed by atoms with E-state index in [0.717, 1.165) is 60.2 Å². The number of carbonyl (C=O) groups is 1. The van der Waals surface area contributed by atoms with E-state index in [1.165, 1.54) is 11.1 Å². The van der Waals surface area contributed by atoms with Crippen molar-refractivity contribution in [1.29, 1.82) is 0 Å². The predicted octanol–water partition coefficient (Wildman–Crippen LogP) is 5.75. The summed E-state index contributed by atoms with van der Waals surface area (Å²) in [5.41, 5.74) is 7.28. The van der Waals surface area contributed by atoms with Crippen LogP contribution >= 0.6 is 0 Å². The number of rotatable bonds is 9. The maximum Gasteiger partial charge on any atom is 0.187 e. The highest BCUT2D eigenvalue weighted by Gasteiger charge is 2.26. The highest BCUT2D eigenvalue weighted by molar-refractivity contribution is 6.14. The molecular weight excluding hydrogens is 432 g/mol. The third-order valence-corrected chi connectivity index (χ3v) is 6.54. The Labute approximate surface area is 209 Å². The average Bonchev–Trinajstić information content (AvgIpc) is 3.33. The highest BCUT2D eigenvalue weighted by atomic mass is 16.1. The van der Waals surface area contributed by atoms with E-state index in [9.17, 15) is 4.79 Å². The molecular formula is C30H36N4O. The zero-order valence-corrected chi connectivity index (χ0v) is 21.2. The van der Waals surface area contributed by atoms with Crippen LogP contribution in [-0.2, 0) is 30.7 Å². The number of ketones is 1. The Balaban J connectivity index is 1.60. The molecule has 5 heteroatoms. The Bertz CT molecular complexity index is 1120. The van der Waals surface area contributed by atoms with Gasteiger partial charge in [-0.15, -0.1) is 5.10 Å². The van der Waals surface area contributed by atoms with Gasteiger partial charge in [0.15, 0.2) is 5.78 Å². The molecule has 1 saturated heterocycles. The third-order valence-electron chi connectivity index (χ3n) is 6.54. The van der Waals surface area contributed by atoms with Crippen molar-refractivity contribution in [3.05, 3.63) is 93.8 Å². The van der Waals surface area contributed by atoms with Crippen molar-refractivity contribution in [2.24, 2.45) is 0 Å². The molecule has 0 N–H and O–H groups in total. The summed E-state index contributed by atoms with van der Waals surface area (Å²) in [6.07, 6.45) is 10.4. The summed E-state index contributed by atoms with van der Waals surface area (Å²) in [4.78, 5) is 15.8. The molecule has 0 unspecified atom stereocenters.